The summed E-state index contributed by atoms with van der Waals surface area (Å²) in [5.41, 5.74) is 0. The lowest BCUT2D eigenvalue weighted by Crippen LogP contribution is -2.35. The molecule has 2 aliphatic heterocycles. The number of rotatable bonds is 4. The number of piperidine rings is 1. The summed E-state index contributed by atoms with van der Waals surface area (Å²) in [5.74, 6) is 0.856. The number of nitrogens with zero attached hydrogens (tertiary/aromatic N) is 1. The third kappa shape index (κ3) is 2.94. The van der Waals surface area contributed by atoms with E-state index in [4.69, 9.17) is 9.47 Å². The van der Waals surface area contributed by atoms with Crippen molar-refractivity contribution in [1.29, 1.82) is 0 Å². The van der Waals surface area contributed by atoms with Gasteiger partial charge in [-0.15, -0.1) is 0 Å². The molecule has 16 heavy (non-hydrogen) atoms. The van der Waals surface area contributed by atoms with Crippen molar-refractivity contribution < 1.29 is 9.47 Å². The average Bonchev–Trinajstić information content (AvgIpc) is 2.72. The van der Waals surface area contributed by atoms with Gasteiger partial charge in [0.15, 0.2) is 0 Å². The maximum atomic E-state index is 5.46. The predicted octanol–water partition coefficient (Wildman–Crippen LogP) is 0.332. The van der Waals surface area contributed by atoms with E-state index in [1.165, 1.54) is 32.5 Å². The lowest BCUT2D eigenvalue weighted by molar-refractivity contribution is -0.00461. The monoisotopic (exact) mass is 228 g/mol. The lowest BCUT2D eigenvalue weighted by atomic mass is 9.98. The van der Waals surface area contributed by atoms with Gasteiger partial charge >= 0.3 is 0 Å². The first-order valence-corrected chi connectivity index (χ1v) is 6.32. The summed E-state index contributed by atoms with van der Waals surface area (Å²) in [6.45, 7) is 5.62. The molecule has 1 N–H and O–H groups in total. The molecule has 2 rings (SSSR count). The van der Waals surface area contributed by atoms with Crippen molar-refractivity contribution in [1.82, 2.24) is 10.2 Å². The van der Waals surface area contributed by atoms with Crippen LogP contribution >= 0.6 is 0 Å². The highest BCUT2D eigenvalue weighted by Gasteiger charge is 2.33. The Morgan fingerprint density at radius 2 is 1.62 bits per heavy atom. The third-order valence-corrected chi connectivity index (χ3v) is 3.87. The smallest absolute Gasteiger partial charge is 0.0971 e. The van der Waals surface area contributed by atoms with E-state index in [0.29, 0.717) is 0 Å². The summed E-state index contributed by atoms with van der Waals surface area (Å²) < 4.78 is 10.9. The largest absolute Gasteiger partial charge is 0.377 e. The van der Waals surface area contributed by atoms with E-state index in [1.54, 1.807) is 14.2 Å². The summed E-state index contributed by atoms with van der Waals surface area (Å²) in [6, 6.07) is 0. The van der Waals surface area contributed by atoms with Gasteiger partial charge in [0.1, 0.15) is 0 Å². The maximum absolute atomic E-state index is 5.46. The zero-order valence-electron chi connectivity index (χ0n) is 10.4. The molecule has 0 bridgehead atoms. The Bertz CT molecular complexity index is 195. The van der Waals surface area contributed by atoms with Gasteiger partial charge in [-0.1, -0.05) is 0 Å². The standard InChI is InChI=1S/C12H24N2O2/c1-15-11-8-14(9-12(11)16-2)7-10-3-5-13-6-4-10/h10-13H,3-9H2,1-2H3. The fourth-order valence-electron chi connectivity index (χ4n) is 2.85. The van der Waals surface area contributed by atoms with Crippen LogP contribution in [0.25, 0.3) is 0 Å². The quantitative estimate of drug-likeness (QED) is 0.752. The van der Waals surface area contributed by atoms with Crippen LogP contribution in [0.2, 0.25) is 0 Å². The Morgan fingerprint density at radius 3 is 2.12 bits per heavy atom. The summed E-state index contributed by atoms with van der Waals surface area (Å²) >= 11 is 0. The van der Waals surface area contributed by atoms with Gasteiger partial charge in [0.25, 0.3) is 0 Å². The molecule has 0 aromatic rings. The van der Waals surface area contributed by atoms with Crippen LogP contribution < -0.4 is 5.32 Å². The average molecular weight is 228 g/mol. The van der Waals surface area contributed by atoms with Gasteiger partial charge in [0.2, 0.25) is 0 Å². The van der Waals surface area contributed by atoms with Crippen LogP contribution in [0.4, 0.5) is 0 Å². The van der Waals surface area contributed by atoms with E-state index in [9.17, 15) is 0 Å². The number of methoxy groups -OCH3 is 2. The highest BCUT2D eigenvalue weighted by molar-refractivity contribution is 4.87. The SMILES string of the molecule is COC1CN(CC2CCNCC2)CC1OC. The molecule has 4 nitrogen and oxygen atoms in total. The Balaban J connectivity index is 1.78. The molecular formula is C12H24N2O2. The van der Waals surface area contributed by atoms with E-state index in [-0.39, 0.29) is 12.2 Å². The van der Waals surface area contributed by atoms with Gasteiger partial charge in [0, 0.05) is 33.9 Å². The molecule has 94 valence electrons. The second-order valence-electron chi connectivity index (χ2n) is 4.96. The first kappa shape index (κ1) is 12.3. The van der Waals surface area contributed by atoms with E-state index >= 15 is 0 Å². The molecule has 0 radical (unpaired) electrons. The second-order valence-corrected chi connectivity index (χ2v) is 4.96. The minimum atomic E-state index is 0.256. The van der Waals surface area contributed by atoms with Crippen molar-refractivity contribution in [3.63, 3.8) is 0 Å². The lowest BCUT2D eigenvalue weighted by Gasteiger charge is -2.27. The first-order chi connectivity index (χ1) is 7.83. The number of likely N-dealkylation sites (tertiary alicyclic amines) is 1. The molecule has 2 fully saturated rings. The highest BCUT2D eigenvalue weighted by atomic mass is 16.5. The van der Waals surface area contributed by atoms with Crippen LogP contribution in [-0.2, 0) is 9.47 Å². The summed E-state index contributed by atoms with van der Waals surface area (Å²) in [4.78, 5) is 2.50. The molecule has 0 amide bonds. The number of nitrogens with one attached hydrogen (secondary N) is 1. The third-order valence-electron chi connectivity index (χ3n) is 3.87. The van der Waals surface area contributed by atoms with Crippen molar-refractivity contribution in [2.45, 2.75) is 25.0 Å². The molecule has 0 spiro atoms. The molecular weight excluding hydrogens is 204 g/mol. The van der Waals surface area contributed by atoms with Gasteiger partial charge in [-0.25, -0.2) is 0 Å². The van der Waals surface area contributed by atoms with Crippen molar-refractivity contribution in [2.75, 3.05) is 46.9 Å². The first-order valence-electron chi connectivity index (χ1n) is 6.32. The number of hydrogen-bond acceptors (Lipinski definition) is 4. The van der Waals surface area contributed by atoms with Crippen LogP contribution in [0.5, 0.6) is 0 Å². The molecule has 2 saturated heterocycles. The highest BCUT2D eigenvalue weighted by Crippen LogP contribution is 2.20. The van der Waals surface area contributed by atoms with E-state index in [0.717, 1.165) is 19.0 Å². The fourth-order valence-corrected chi connectivity index (χ4v) is 2.85. The van der Waals surface area contributed by atoms with Gasteiger partial charge in [0.05, 0.1) is 12.2 Å². The predicted molar refractivity (Wildman–Crippen MR) is 63.6 cm³/mol. The van der Waals surface area contributed by atoms with Crippen LogP contribution in [0, 0.1) is 5.92 Å². The Kier molecular flexibility index (Phi) is 4.58. The molecule has 2 heterocycles. The fraction of sp³-hybridized carbons (Fsp3) is 1.00. The van der Waals surface area contributed by atoms with Gasteiger partial charge in [-0.3, -0.25) is 4.90 Å². The number of ether oxygens (including phenoxy) is 2. The molecule has 4 heteroatoms. The van der Waals surface area contributed by atoms with Gasteiger partial charge < -0.3 is 14.8 Å². The Hall–Kier alpha value is -0.160. The van der Waals surface area contributed by atoms with E-state index in [1.807, 2.05) is 0 Å². The van der Waals surface area contributed by atoms with Crippen LogP contribution in [0.3, 0.4) is 0 Å². The van der Waals surface area contributed by atoms with Crippen molar-refractivity contribution in [3.8, 4) is 0 Å². The maximum Gasteiger partial charge on any atom is 0.0971 e. The Morgan fingerprint density at radius 1 is 1.06 bits per heavy atom. The topological polar surface area (TPSA) is 33.7 Å². The van der Waals surface area contributed by atoms with Gasteiger partial charge in [-0.2, -0.15) is 0 Å². The minimum Gasteiger partial charge on any atom is -0.377 e. The summed E-state index contributed by atoms with van der Waals surface area (Å²) in [6.07, 6.45) is 3.14. The second kappa shape index (κ2) is 5.96. The normalized spacial score (nSPS) is 33.4. The van der Waals surface area contributed by atoms with Crippen molar-refractivity contribution >= 4 is 0 Å². The van der Waals surface area contributed by atoms with E-state index in [2.05, 4.69) is 10.2 Å². The molecule has 0 aromatic heterocycles. The summed E-state index contributed by atoms with van der Waals surface area (Å²) in [7, 11) is 3.56. The minimum absolute atomic E-state index is 0.256. The van der Waals surface area contributed by atoms with Crippen molar-refractivity contribution in [3.05, 3.63) is 0 Å². The molecule has 2 aliphatic rings. The molecule has 0 aliphatic carbocycles. The van der Waals surface area contributed by atoms with Gasteiger partial charge in [-0.05, 0) is 31.8 Å². The number of hydrogen-bond donors (Lipinski definition) is 1. The molecule has 0 aromatic carbocycles. The van der Waals surface area contributed by atoms with Crippen LogP contribution in [-0.4, -0.2) is 64.1 Å². The summed E-state index contributed by atoms with van der Waals surface area (Å²) in [5, 5.41) is 3.41. The molecule has 0 saturated carbocycles. The zero-order valence-corrected chi connectivity index (χ0v) is 10.4. The van der Waals surface area contributed by atoms with E-state index < -0.39 is 0 Å². The van der Waals surface area contributed by atoms with Crippen molar-refractivity contribution in [2.24, 2.45) is 5.92 Å². The molecule has 2 unspecified atom stereocenters. The zero-order chi connectivity index (χ0) is 11.4. The van der Waals surface area contributed by atoms with Crippen LogP contribution in [0.15, 0.2) is 0 Å². The molecule has 2 atom stereocenters. The Labute approximate surface area is 98.3 Å². The van der Waals surface area contributed by atoms with Crippen LogP contribution in [0.1, 0.15) is 12.8 Å².